The maximum absolute atomic E-state index is 11.9. The van der Waals surface area contributed by atoms with Crippen molar-refractivity contribution in [2.45, 2.75) is 46.2 Å². The minimum absolute atomic E-state index is 0.193. The van der Waals surface area contributed by atoms with Gasteiger partial charge in [-0.25, -0.2) is 13.1 Å². The second-order valence-corrected chi connectivity index (χ2v) is 7.31. The molecule has 0 radical (unpaired) electrons. The highest BCUT2D eigenvalue weighted by Gasteiger charge is 2.10. The van der Waals surface area contributed by atoms with E-state index in [2.05, 4.69) is 23.9 Å². The smallest absolute Gasteiger partial charge is 0.211 e. The molecule has 0 amide bonds. The van der Waals surface area contributed by atoms with E-state index in [1.807, 2.05) is 31.2 Å². The van der Waals surface area contributed by atoms with Gasteiger partial charge in [0, 0.05) is 12.6 Å². The van der Waals surface area contributed by atoms with E-state index in [4.69, 9.17) is 0 Å². The first-order chi connectivity index (χ1) is 9.41. The first-order valence-corrected chi connectivity index (χ1v) is 8.81. The van der Waals surface area contributed by atoms with Gasteiger partial charge in [0.25, 0.3) is 0 Å². The molecule has 0 fully saturated rings. The molecule has 0 spiro atoms. The Labute approximate surface area is 123 Å². The molecular weight excluding hydrogens is 272 g/mol. The zero-order valence-electron chi connectivity index (χ0n) is 12.6. The van der Waals surface area contributed by atoms with E-state index < -0.39 is 10.0 Å². The normalized spacial score (nSPS) is 12.0. The molecule has 0 unspecified atom stereocenters. The first-order valence-electron chi connectivity index (χ1n) is 7.16. The fraction of sp³-hybridized carbons (Fsp3) is 0.600. The number of benzene rings is 1. The standard InChI is InChI=1S/C15H26N2O2S/c1-13(2)16-10-6-7-11-20(18,19)17-12-15-9-5-4-8-14(15)3/h4-5,8-9,13,16-17H,6-7,10-12H2,1-3H3. The lowest BCUT2D eigenvalue weighted by molar-refractivity contribution is 0.555. The Morgan fingerprint density at radius 1 is 1.15 bits per heavy atom. The van der Waals surface area contributed by atoms with Gasteiger partial charge < -0.3 is 5.32 Å². The van der Waals surface area contributed by atoms with E-state index >= 15 is 0 Å². The van der Waals surface area contributed by atoms with Crippen LogP contribution in [0.3, 0.4) is 0 Å². The van der Waals surface area contributed by atoms with E-state index in [0.717, 1.165) is 24.1 Å². The summed E-state index contributed by atoms with van der Waals surface area (Å²) in [6.45, 7) is 7.40. The molecule has 2 N–H and O–H groups in total. The highest BCUT2D eigenvalue weighted by atomic mass is 32.2. The maximum atomic E-state index is 11.9. The molecular formula is C15H26N2O2S. The number of nitrogens with one attached hydrogen (secondary N) is 2. The Morgan fingerprint density at radius 2 is 1.85 bits per heavy atom. The Bertz CT molecular complexity index is 498. The lowest BCUT2D eigenvalue weighted by atomic mass is 10.1. The average Bonchev–Trinajstić information content (AvgIpc) is 2.37. The zero-order chi connectivity index (χ0) is 15.0. The van der Waals surface area contributed by atoms with Crippen molar-refractivity contribution in [2.24, 2.45) is 0 Å². The van der Waals surface area contributed by atoms with Crippen molar-refractivity contribution in [1.82, 2.24) is 10.0 Å². The molecule has 1 aromatic rings. The lowest BCUT2D eigenvalue weighted by Crippen LogP contribution is -2.27. The Kier molecular flexibility index (Phi) is 7.19. The van der Waals surface area contributed by atoms with Crippen LogP contribution in [-0.4, -0.2) is 26.8 Å². The molecule has 0 saturated carbocycles. The van der Waals surface area contributed by atoms with Crippen LogP contribution in [0, 0.1) is 6.92 Å². The molecule has 0 aliphatic rings. The van der Waals surface area contributed by atoms with Crippen LogP contribution in [0.5, 0.6) is 0 Å². The molecule has 1 rings (SSSR count). The number of rotatable bonds is 9. The summed E-state index contributed by atoms with van der Waals surface area (Å²) in [6, 6.07) is 8.26. The van der Waals surface area contributed by atoms with Crippen LogP contribution in [0.15, 0.2) is 24.3 Å². The molecule has 0 atom stereocenters. The van der Waals surface area contributed by atoms with Crippen molar-refractivity contribution < 1.29 is 8.42 Å². The molecule has 114 valence electrons. The van der Waals surface area contributed by atoms with Gasteiger partial charge in [0.15, 0.2) is 0 Å². The Hall–Kier alpha value is -0.910. The number of aryl methyl sites for hydroxylation is 1. The van der Waals surface area contributed by atoms with E-state index in [1.54, 1.807) is 0 Å². The number of unbranched alkanes of at least 4 members (excludes halogenated alkanes) is 1. The van der Waals surface area contributed by atoms with Crippen molar-refractivity contribution in [3.63, 3.8) is 0 Å². The van der Waals surface area contributed by atoms with Gasteiger partial charge >= 0.3 is 0 Å². The Balaban J connectivity index is 2.30. The minimum Gasteiger partial charge on any atom is -0.315 e. The van der Waals surface area contributed by atoms with E-state index in [1.165, 1.54) is 0 Å². The lowest BCUT2D eigenvalue weighted by Gasteiger charge is -2.10. The van der Waals surface area contributed by atoms with Crippen molar-refractivity contribution in [2.75, 3.05) is 12.3 Å². The van der Waals surface area contributed by atoms with Gasteiger partial charge in [-0.3, -0.25) is 0 Å². The summed E-state index contributed by atoms with van der Waals surface area (Å²) in [7, 11) is -3.18. The van der Waals surface area contributed by atoms with E-state index in [-0.39, 0.29) is 5.75 Å². The van der Waals surface area contributed by atoms with Crippen LogP contribution < -0.4 is 10.0 Å². The van der Waals surface area contributed by atoms with Crippen molar-refractivity contribution in [3.05, 3.63) is 35.4 Å². The topological polar surface area (TPSA) is 58.2 Å². The fourth-order valence-corrected chi connectivity index (χ4v) is 2.98. The van der Waals surface area contributed by atoms with E-state index in [0.29, 0.717) is 19.0 Å². The highest BCUT2D eigenvalue weighted by Crippen LogP contribution is 2.07. The summed E-state index contributed by atoms with van der Waals surface area (Å²) in [5.74, 6) is 0.193. The molecule has 20 heavy (non-hydrogen) atoms. The van der Waals surface area contributed by atoms with Crippen LogP contribution in [0.1, 0.15) is 37.8 Å². The monoisotopic (exact) mass is 298 g/mol. The van der Waals surface area contributed by atoms with Crippen molar-refractivity contribution in [3.8, 4) is 0 Å². The second-order valence-electron chi connectivity index (χ2n) is 5.38. The number of hydrogen-bond donors (Lipinski definition) is 2. The number of hydrogen-bond acceptors (Lipinski definition) is 3. The molecule has 5 heteroatoms. The SMILES string of the molecule is Cc1ccccc1CNS(=O)(=O)CCCCNC(C)C. The summed E-state index contributed by atoms with van der Waals surface area (Å²) >= 11 is 0. The molecule has 0 aliphatic carbocycles. The van der Waals surface area contributed by atoms with Crippen molar-refractivity contribution >= 4 is 10.0 Å². The first kappa shape index (κ1) is 17.1. The predicted molar refractivity (Wildman–Crippen MR) is 84.2 cm³/mol. The maximum Gasteiger partial charge on any atom is 0.211 e. The van der Waals surface area contributed by atoms with E-state index in [9.17, 15) is 8.42 Å². The van der Waals surface area contributed by atoms with Crippen LogP contribution in [0.4, 0.5) is 0 Å². The summed E-state index contributed by atoms with van der Waals surface area (Å²) < 4.78 is 26.4. The second kappa shape index (κ2) is 8.39. The van der Waals surface area contributed by atoms with Crippen LogP contribution >= 0.6 is 0 Å². The van der Waals surface area contributed by atoms with Gasteiger partial charge in [-0.1, -0.05) is 38.1 Å². The molecule has 0 saturated heterocycles. The summed E-state index contributed by atoms with van der Waals surface area (Å²) in [6.07, 6.45) is 1.56. The molecule has 0 aromatic heterocycles. The largest absolute Gasteiger partial charge is 0.315 e. The minimum atomic E-state index is -3.18. The molecule has 4 nitrogen and oxygen atoms in total. The predicted octanol–water partition coefficient (Wildman–Crippen LogP) is 2.19. The van der Waals surface area contributed by atoms with Gasteiger partial charge in [0.1, 0.15) is 0 Å². The van der Waals surface area contributed by atoms with Crippen LogP contribution in [0.2, 0.25) is 0 Å². The van der Waals surface area contributed by atoms with Crippen molar-refractivity contribution in [1.29, 1.82) is 0 Å². The average molecular weight is 298 g/mol. The highest BCUT2D eigenvalue weighted by molar-refractivity contribution is 7.89. The van der Waals surface area contributed by atoms with Gasteiger partial charge in [0.2, 0.25) is 10.0 Å². The fourth-order valence-electron chi connectivity index (χ4n) is 1.88. The molecule has 1 aromatic carbocycles. The third kappa shape index (κ3) is 7.03. The molecule has 0 bridgehead atoms. The van der Waals surface area contributed by atoms with Crippen LogP contribution in [0.25, 0.3) is 0 Å². The third-order valence-corrected chi connectivity index (χ3v) is 4.55. The summed E-state index contributed by atoms with van der Waals surface area (Å²) in [5.41, 5.74) is 2.13. The van der Waals surface area contributed by atoms with Gasteiger partial charge in [-0.15, -0.1) is 0 Å². The van der Waals surface area contributed by atoms with Gasteiger partial charge in [0.05, 0.1) is 5.75 Å². The Morgan fingerprint density at radius 3 is 2.50 bits per heavy atom. The van der Waals surface area contributed by atoms with Gasteiger partial charge in [-0.2, -0.15) is 0 Å². The van der Waals surface area contributed by atoms with Gasteiger partial charge in [-0.05, 0) is 37.4 Å². The molecule has 0 heterocycles. The van der Waals surface area contributed by atoms with Crippen LogP contribution in [-0.2, 0) is 16.6 Å². The summed E-state index contributed by atoms with van der Waals surface area (Å²) in [5, 5.41) is 3.28. The molecule has 0 aliphatic heterocycles. The zero-order valence-corrected chi connectivity index (χ0v) is 13.5. The number of sulfonamides is 1. The summed E-state index contributed by atoms with van der Waals surface area (Å²) in [4.78, 5) is 0. The third-order valence-electron chi connectivity index (χ3n) is 3.14. The quantitative estimate of drug-likeness (QED) is 0.687.